The lowest BCUT2D eigenvalue weighted by molar-refractivity contribution is -0.183. The van der Waals surface area contributed by atoms with Gasteiger partial charge in [0.05, 0.1) is 6.61 Å². The molecule has 1 rings (SSSR count). The summed E-state index contributed by atoms with van der Waals surface area (Å²) in [7, 11) is 0. The lowest BCUT2D eigenvalue weighted by Crippen LogP contribution is -2.42. The van der Waals surface area contributed by atoms with Crippen molar-refractivity contribution in [2.24, 2.45) is 0 Å². The number of halogens is 2. The molecule has 78 valence electrons. The minimum atomic E-state index is -3.16. The van der Waals surface area contributed by atoms with Gasteiger partial charge in [-0.05, 0) is 13.8 Å². The van der Waals surface area contributed by atoms with Crippen LogP contribution in [0.15, 0.2) is 0 Å². The van der Waals surface area contributed by atoms with Crippen LogP contribution < -0.4 is 0 Å². The number of aliphatic hydroxyl groups excluding tert-OH is 1. The van der Waals surface area contributed by atoms with Crippen LogP contribution in [0.1, 0.15) is 20.8 Å². The number of alkyl halides is 2. The predicted octanol–water partition coefficient (Wildman–Crippen LogP) is 1.15. The average Bonchev–Trinajstić information content (AvgIpc) is 2.26. The summed E-state index contributed by atoms with van der Waals surface area (Å²) in [6, 6.07) is 0. The molecule has 0 saturated carbocycles. The third-order valence-electron chi connectivity index (χ3n) is 1.90. The van der Waals surface area contributed by atoms with Gasteiger partial charge in [-0.3, -0.25) is 0 Å². The molecule has 0 aromatic carbocycles. The second-order valence-electron chi connectivity index (χ2n) is 3.77. The first kappa shape index (κ1) is 10.8. The van der Waals surface area contributed by atoms with Gasteiger partial charge >= 0.3 is 0 Å². The summed E-state index contributed by atoms with van der Waals surface area (Å²) >= 11 is 0. The Kier molecular flexibility index (Phi) is 2.62. The van der Waals surface area contributed by atoms with Gasteiger partial charge in [-0.15, -0.1) is 0 Å². The van der Waals surface area contributed by atoms with Crippen LogP contribution in [0.4, 0.5) is 8.78 Å². The molecule has 0 spiro atoms. The first-order valence-electron chi connectivity index (χ1n) is 4.10. The lowest BCUT2D eigenvalue weighted by Gasteiger charge is -2.24. The van der Waals surface area contributed by atoms with Crippen molar-refractivity contribution in [2.45, 2.75) is 44.7 Å². The van der Waals surface area contributed by atoms with Crippen LogP contribution in [0.2, 0.25) is 0 Å². The molecular weight excluding hydrogens is 182 g/mol. The zero-order chi connectivity index (χ0) is 10.3. The topological polar surface area (TPSA) is 38.7 Å². The van der Waals surface area contributed by atoms with E-state index in [0.717, 1.165) is 0 Å². The highest BCUT2D eigenvalue weighted by atomic mass is 19.3. The number of hydrogen-bond donors (Lipinski definition) is 1. The quantitative estimate of drug-likeness (QED) is 0.720. The summed E-state index contributed by atoms with van der Waals surface area (Å²) in [5.74, 6) is -4.04. The van der Waals surface area contributed by atoms with E-state index in [-0.39, 0.29) is 6.61 Å². The Balaban J connectivity index is 2.57. The van der Waals surface area contributed by atoms with Gasteiger partial charge in [-0.1, -0.05) is 0 Å². The van der Waals surface area contributed by atoms with Gasteiger partial charge in [0, 0.05) is 6.92 Å². The van der Waals surface area contributed by atoms with Crippen LogP contribution in [0.5, 0.6) is 0 Å². The molecule has 1 aliphatic rings. The third-order valence-corrected chi connectivity index (χ3v) is 1.90. The SMILES string of the molecule is CC1(C)OC[C@H](C(O)C(C)(F)F)O1. The van der Waals surface area contributed by atoms with Gasteiger partial charge < -0.3 is 14.6 Å². The smallest absolute Gasteiger partial charge is 0.273 e. The maximum absolute atomic E-state index is 12.6. The Hall–Kier alpha value is -0.260. The van der Waals surface area contributed by atoms with E-state index in [4.69, 9.17) is 14.6 Å². The first-order chi connectivity index (χ1) is 5.72. The lowest BCUT2D eigenvalue weighted by atomic mass is 10.1. The van der Waals surface area contributed by atoms with Crippen LogP contribution >= 0.6 is 0 Å². The molecule has 1 saturated heterocycles. The highest BCUT2D eigenvalue weighted by Gasteiger charge is 2.45. The van der Waals surface area contributed by atoms with E-state index in [9.17, 15) is 8.78 Å². The second kappa shape index (κ2) is 3.15. The molecule has 0 aliphatic carbocycles. The minimum absolute atomic E-state index is 0.00238. The molecule has 13 heavy (non-hydrogen) atoms. The van der Waals surface area contributed by atoms with Crippen molar-refractivity contribution >= 4 is 0 Å². The number of aliphatic hydroxyl groups is 1. The van der Waals surface area contributed by atoms with Crippen LogP contribution in [-0.2, 0) is 9.47 Å². The molecule has 2 atom stereocenters. The molecule has 0 amide bonds. The van der Waals surface area contributed by atoms with E-state index in [2.05, 4.69) is 0 Å². The Morgan fingerprint density at radius 1 is 1.54 bits per heavy atom. The van der Waals surface area contributed by atoms with Crippen LogP contribution in [0, 0.1) is 0 Å². The zero-order valence-electron chi connectivity index (χ0n) is 7.88. The molecule has 0 bridgehead atoms. The zero-order valence-corrected chi connectivity index (χ0v) is 7.88. The number of hydrogen-bond acceptors (Lipinski definition) is 3. The first-order valence-corrected chi connectivity index (χ1v) is 4.10. The van der Waals surface area contributed by atoms with Crippen molar-refractivity contribution in [3.05, 3.63) is 0 Å². The molecular formula is C8H14F2O3. The monoisotopic (exact) mass is 196 g/mol. The summed E-state index contributed by atoms with van der Waals surface area (Å²) in [6.45, 7) is 3.89. The largest absolute Gasteiger partial charge is 0.384 e. The van der Waals surface area contributed by atoms with Gasteiger partial charge in [0.1, 0.15) is 12.2 Å². The molecule has 1 aliphatic heterocycles. The summed E-state index contributed by atoms with van der Waals surface area (Å²) in [4.78, 5) is 0. The van der Waals surface area contributed by atoms with Crippen molar-refractivity contribution in [3.8, 4) is 0 Å². The van der Waals surface area contributed by atoms with Crippen LogP contribution in [0.3, 0.4) is 0 Å². The third kappa shape index (κ3) is 2.59. The molecule has 3 nitrogen and oxygen atoms in total. The summed E-state index contributed by atoms with van der Waals surface area (Å²) in [6.07, 6.45) is -2.76. The fourth-order valence-electron chi connectivity index (χ4n) is 1.20. The van der Waals surface area contributed by atoms with Gasteiger partial charge in [-0.25, -0.2) is 8.78 Å². The Bertz CT molecular complexity index is 188. The number of rotatable bonds is 2. The van der Waals surface area contributed by atoms with Gasteiger partial charge in [0.25, 0.3) is 5.92 Å². The van der Waals surface area contributed by atoms with Crippen molar-refractivity contribution in [1.82, 2.24) is 0 Å². The fourth-order valence-corrected chi connectivity index (χ4v) is 1.20. The molecule has 1 N–H and O–H groups in total. The Morgan fingerprint density at radius 2 is 2.08 bits per heavy atom. The van der Waals surface area contributed by atoms with E-state index in [1.807, 2.05) is 0 Å². The van der Waals surface area contributed by atoms with Crippen LogP contribution in [0.25, 0.3) is 0 Å². The summed E-state index contributed by atoms with van der Waals surface area (Å²) < 4.78 is 35.4. The van der Waals surface area contributed by atoms with E-state index < -0.39 is 23.9 Å². The van der Waals surface area contributed by atoms with Crippen molar-refractivity contribution in [3.63, 3.8) is 0 Å². The standard InChI is InChI=1S/C8H14F2O3/c1-7(2)12-4-5(13-7)6(11)8(3,9)10/h5-6,11H,4H2,1-3H3/t5-,6?/m1/s1. The van der Waals surface area contributed by atoms with Crippen LogP contribution in [-0.4, -0.2) is 35.6 Å². The molecule has 1 heterocycles. The maximum atomic E-state index is 12.6. The summed E-state index contributed by atoms with van der Waals surface area (Å²) in [5.41, 5.74) is 0. The second-order valence-corrected chi connectivity index (χ2v) is 3.77. The van der Waals surface area contributed by atoms with Gasteiger partial charge in [-0.2, -0.15) is 0 Å². The predicted molar refractivity (Wildman–Crippen MR) is 41.5 cm³/mol. The van der Waals surface area contributed by atoms with Crippen molar-refractivity contribution in [1.29, 1.82) is 0 Å². The molecule has 0 aromatic rings. The molecule has 1 fully saturated rings. The van der Waals surface area contributed by atoms with E-state index >= 15 is 0 Å². The highest BCUT2D eigenvalue weighted by Crippen LogP contribution is 2.30. The Morgan fingerprint density at radius 3 is 2.38 bits per heavy atom. The molecule has 0 radical (unpaired) electrons. The maximum Gasteiger partial charge on any atom is 0.273 e. The Labute approximate surface area is 75.6 Å². The van der Waals surface area contributed by atoms with Crippen molar-refractivity contribution in [2.75, 3.05) is 6.61 Å². The molecule has 5 heteroatoms. The van der Waals surface area contributed by atoms with E-state index in [1.165, 1.54) is 0 Å². The number of ether oxygens (including phenoxy) is 2. The van der Waals surface area contributed by atoms with E-state index in [0.29, 0.717) is 6.92 Å². The summed E-state index contributed by atoms with van der Waals surface area (Å²) in [5, 5.41) is 9.16. The highest BCUT2D eigenvalue weighted by molar-refractivity contribution is 4.84. The van der Waals surface area contributed by atoms with E-state index in [1.54, 1.807) is 13.8 Å². The van der Waals surface area contributed by atoms with Crippen molar-refractivity contribution < 1.29 is 23.4 Å². The molecule has 1 unspecified atom stereocenters. The minimum Gasteiger partial charge on any atom is -0.384 e. The van der Waals surface area contributed by atoms with Gasteiger partial charge in [0.2, 0.25) is 0 Å². The molecule has 0 aromatic heterocycles. The fraction of sp³-hybridized carbons (Fsp3) is 1.00. The normalized spacial score (nSPS) is 30.5. The van der Waals surface area contributed by atoms with Gasteiger partial charge in [0.15, 0.2) is 5.79 Å². The average molecular weight is 196 g/mol.